The first-order valence-corrected chi connectivity index (χ1v) is 4.27. The van der Waals surface area contributed by atoms with E-state index in [1.165, 1.54) is 7.11 Å². The molecule has 0 amide bonds. The Morgan fingerprint density at radius 1 is 1.75 bits per heavy atom. The van der Waals surface area contributed by atoms with Crippen LogP contribution in [0.4, 0.5) is 0 Å². The van der Waals surface area contributed by atoms with E-state index >= 15 is 0 Å². The summed E-state index contributed by atoms with van der Waals surface area (Å²) in [4.78, 5) is 10.9. The van der Waals surface area contributed by atoms with E-state index in [9.17, 15) is 4.79 Å². The molecule has 1 aliphatic rings. The zero-order valence-electron chi connectivity index (χ0n) is 7.38. The Bertz CT molecular complexity index is 161. The maximum Gasteiger partial charge on any atom is 0.305 e. The van der Waals surface area contributed by atoms with Gasteiger partial charge < -0.3 is 15.8 Å². The van der Waals surface area contributed by atoms with Crippen molar-refractivity contribution >= 4 is 5.97 Å². The van der Waals surface area contributed by atoms with Gasteiger partial charge in [0, 0.05) is 19.0 Å². The van der Waals surface area contributed by atoms with Gasteiger partial charge in [0.1, 0.15) is 0 Å². The van der Waals surface area contributed by atoms with E-state index in [0.29, 0.717) is 12.3 Å². The van der Waals surface area contributed by atoms with E-state index in [-0.39, 0.29) is 12.0 Å². The highest BCUT2D eigenvalue weighted by molar-refractivity contribution is 5.69. The minimum absolute atomic E-state index is 0.0952. The van der Waals surface area contributed by atoms with Crippen LogP contribution < -0.4 is 11.1 Å². The molecular formula is C8H16N2O2. The first-order chi connectivity index (χ1) is 5.74. The maximum atomic E-state index is 10.9. The molecule has 0 bridgehead atoms. The summed E-state index contributed by atoms with van der Waals surface area (Å²) in [6.07, 6.45) is 1.43. The lowest BCUT2D eigenvalue weighted by Crippen LogP contribution is -2.46. The summed E-state index contributed by atoms with van der Waals surface area (Å²) in [6, 6.07) is 0.0952. The highest BCUT2D eigenvalue weighted by atomic mass is 16.5. The standard InChI is InChI=1S/C8H16N2O2/c1-12-8(11)4-6-2-3-10-5-7(6)9/h6-7,10H,2-5,9H2,1H3/t6-,7+/m1/s1. The molecule has 0 aromatic carbocycles. The molecule has 0 aromatic rings. The largest absolute Gasteiger partial charge is 0.469 e. The van der Waals surface area contributed by atoms with Gasteiger partial charge in [0.05, 0.1) is 7.11 Å². The Morgan fingerprint density at radius 3 is 3.08 bits per heavy atom. The minimum Gasteiger partial charge on any atom is -0.469 e. The fraction of sp³-hybridized carbons (Fsp3) is 0.875. The van der Waals surface area contributed by atoms with Crippen LogP contribution >= 0.6 is 0 Å². The molecule has 0 aliphatic carbocycles. The van der Waals surface area contributed by atoms with Gasteiger partial charge in [-0.2, -0.15) is 0 Å². The van der Waals surface area contributed by atoms with Crippen molar-refractivity contribution in [2.75, 3.05) is 20.2 Å². The second-order valence-corrected chi connectivity index (χ2v) is 3.20. The first kappa shape index (κ1) is 9.48. The molecule has 0 unspecified atom stereocenters. The number of methoxy groups -OCH3 is 1. The van der Waals surface area contributed by atoms with Gasteiger partial charge in [0.25, 0.3) is 0 Å². The molecule has 4 heteroatoms. The van der Waals surface area contributed by atoms with Crippen LogP contribution in [-0.2, 0) is 9.53 Å². The fourth-order valence-electron chi connectivity index (χ4n) is 1.49. The van der Waals surface area contributed by atoms with E-state index in [4.69, 9.17) is 5.73 Å². The molecule has 1 saturated heterocycles. The Balaban J connectivity index is 2.33. The Morgan fingerprint density at radius 2 is 2.50 bits per heavy atom. The molecule has 1 rings (SSSR count). The van der Waals surface area contributed by atoms with Gasteiger partial charge in [-0.1, -0.05) is 0 Å². The van der Waals surface area contributed by atoms with E-state index in [1.54, 1.807) is 0 Å². The third-order valence-electron chi connectivity index (χ3n) is 2.33. The molecule has 0 saturated carbocycles. The Hall–Kier alpha value is -0.610. The highest BCUT2D eigenvalue weighted by Crippen LogP contribution is 2.15. The number of carbonyl (C=O) groups excluding carboxylic acids is 1. The molecular weight excluding hydrogens is 156 g/mol. The number of nitrogens with two attached hydrogens (primary N) is 1. The average molecular weight is 172 g/mol. The average Bonchev–Trinajstić information content (AvgIpc) is 2.09. The van der Waals surface area contributed by atoms with E-state index in [1.807, 2.05) is 0 Å². The van der Waals surface area contributed by atoms with E-state index in [0.717, 1.165) is 19.5 Å². The summed E-state index contributed by atoms with van der Waals surface area (Å²) in [6.45, 7) is 1.76. The van der Waals surface area contributed by atoms with E-state index in [2.05, 4.69) is 10.1 Å². The molecule has 0 aromatic heterocycles. The van der Waals surface area contributed by atoms with Gasteiger partial charge in [-0.05, 0) is 18.9 Å². The van der Waals surface area contributed by atoms with Crippen molar-refractivity contribution < 1.29 is 9.53 Å². The van der Waals surface area contributed by atoms with Crippen molar-refractivity contribution in [1.29, 1.82) is 0 Å². The number of hydrogen-bond donors (Lipinski definition) is 2. The molecule has 2 atom stereocenters. The monoisotopic (exact) mass is 172 g/mol. The second kappa shape index (κ2) is 4.42. The number of esters is 1. The summed E-state index contributed by atoms with van der Waals surface area (Å²) in [5, 5.41) is 3.18. The number of rotatable bonds is 2. The van der Waals surface area contributed by atoms with Gasteiger partial charge in [0.2, 0.25) is 0 Å². The summed E-state index contributed by atoms with van der Waals surface area (Å²) >= 11 is 0. The molecule has 0 spiro atoms. The third kappa shape index (κ3) is 2.46. The quantitative estimate of drug-likeness (QED) is 0.550. The Kier molecular flexibility index (Phi) is 3.49. The SMILES string of the molecule is COC(=O)C[C@H]1CCNC[C@@H]1N. The van der Waals surface area contributed by atoms with Crippen LogP contribution in [-0.4, -0.2) is 32.2 Å². The molecule has 1 aliphatic heterocycles. The van der Waals surface area contributed by atoms with Gasteiger partial charge in [-0.25, -0.2) is 0 Å². The third-order valence-corrected chi connectivity index (χ3v) is 2.33. The molecule has 3 N–H and O–H groups in total. The number of hydrogen-bond acceptors (Lipinski definition) is 4. The predicted molar refractivity (Wildman–Crippen MR) is 45.6 cm³/mol. The van der Waals surface area contributed by atoms with Gasteiger partial charge >= 0.3 is 5.97 Å². The molecule has 0 radical (unpaired) electrons. The fourth-order valence-corrected chi connectivity index (χ4v) is 1.49. The molecule has 1 fully saturated rings. The number of piperidine rings is 1. The van der Waals surface area contributed by atoms with Crippen LogP contribution in [0, 0.1) is 5.92 Å². The number of ether oxygens (including phenoxy) is 1. The summed E-state index contributed by atoms with van der Waals surface area (Å²) in [5.74, 6) is 0.135. The van der Waals surface area contributed by atoms with Crippen LogP contribution in [0.2, 0.25) is 0 Å². The number of carbonyl (C=O) groups is 1. The lowest BCUT2D eigenvalue weighted by atomic mass is 9.90. The zero-order chi connectivity index (χ0) is 8.97. The van der Waals surface area contributed by atoms with Crippen molar-refractivity contribution in [3.8, 4) is 0 Å². The van der Waals surface area contributed by atoms with Gasteiger partial charge in [0.15, 0.2) is 0 Å². The van der Waals surface area contributed by atoms with Gasteiger partial charge in [-0.3, -0.25) is 4.79 Å². The predicted octanol–water partition coefficient (Wildman–Crippen LogP) is -0.514. The van der Waals surface area contributed by atoms with Crippen molar-refractivity contribution in [1.82, 2.24) is 5.32 Å². The Labute approximate surface area is 72.5 Å². The second-order valence-electron chi connectivity index (χ2n) is 3.20. The topological polar surface area (TPSA) is 64.3 Å². The molecule has 4 nitrogen and oxygen atoms in total. The summed E-state index contributed by atoms with van der Waals surface area (Å²) < 4.78 is 4.59. The van der Waals surface area contributed by atoms with Crippen LogP contribution in [0.3, 0.4) is 0 Å². The molecule has 70 valence electrons. The smallest absolute Gasteiger partial charge is 0.305 e. The summed E-state index contributed by atoms with van der Waals surface area (Å²) in [5.41, 5.74) is 5.81. The van der Waals surface area contributed by atoms with Crippen molar-refractivity contribution in [2.24, 2.45) is 11.7 Å². The summed E-state index contributed by atoms with van der Waals surface area (Å²) in [7, 11) is 1.41. The van der Waals surface area contributed by atoms with Gasteiger partial charge in [-0.15, -0.1) is 0 Å². The van der Waals surface area contributed by atoms with Crippen LogP contribution in [0.25, 0.3) is 0 Å². The lowest BCUT2D eigenvalue weighted by Gasteiger charge is -2.28. The molecule has 1 heterocycles. The van der Waals surface area contributed by atoms with Crippen LogP contribution in [0.5, 0.6) is 0 Å². The van der Waals surface area contributed by atoms with Crippen molar-refractivity contribution in [3.63, 3.8) is 0 Å². The number of nitrogens with one attached hydrogen (secondary N) is 1. The highest BCUT2D eigenvalue weighted by Gasteiger charge is 2.23. The van der Waals surface area contributed by atoms with Crippen LogP contribution in [0.1, 0.15) is 12.8 Å². The molecule has 12 heavy (non-hydrogen) atoms. The van der Waals surface area contributed by atoms with Crippen molar-refractivity contribution in [3.05, 3.63) is 0 Å². The lowest BCUT2D eigenvalue weighted by molar-refractivity contribution is -0.142. The van der Waals surface area contributed by atoms with Crippen molar-refractivity contribution in [2.45, 2.75) is 18.9 Å². The first-order valence-electron chi connectivity index (χ1n) is 4.27. The normalized spacial score (nSPS) is 29.8. The minimum atomic E-state index is -0.155. The van der Waals surface area contributed by atoms with E-state index < -0.39 is 0 Å². The maximum absolute atomic E-state index is 10.9. The zero-order valence-corrected chi connectivity index (χ0v) is 7.38. The van der Waals surface area contributed by atoms with Crippen LogP contribution in [0.15, 0.2) is 0 Å².